The van der Waals surface area contributed by atoms with Crippen molar-refractivity contribution in [3.05, 3.63) is 65.9 Å². The number of allylic oxidation sites excluding steroid dienone is 1. The van der Waals surface area contributed by atoms with Gasteiger partial charge in [-0.1, -0.05) is 61.7 Å². The molecule has 1 aliphatic rings. The van der Waals surface area contributed by atoms with Gasteiger partial charge in [0.15, 0.2) is 0 Å². The van der Waals surface area contributed by atoms with Crippen LogP contribution in [0.5, 0.6) is 5.75 Å². The molecular formula is C23H28O2. The molecule has 0 saturated carbocycles. The van der Waals surface area contributed by atoms with E-state index in [1.807, 2.05) is 13.0 Å². The number of benzene rings is 2. The van der Waals surface area contributed by atoms with E-state index in [-0.39, 0.29) is 0 Å². The van der Waals surface area contributed by atoms with Crippen molar-refractivity contribution in [2.75, 3.05) is 13.2 Å². The maximum Gasteiger partial charge on any atom is 0.123 e. The molecular weight excluding hydrogens is 308 g/mol. The summed E-state index contributed by atoms with van der Waals surface area (Å²) in [6.07, 6.45) is 10.6. The van der Waals surface area contributed by atoms with E-state index in [2.05, 4.69) is 42.5 Å². The largest absolute Gasteiger partial charge is 0.502 e. The fourth-order valence-electron chi connectivity index (χ4n) is 3.43. The Morgan fingerprint density at radius 2 is 1.60 bits per heavy atom. The second kappa shape index (κ2) is 9.31. The van der Waals surface area contributed by atoms with Crippen molar-refractivity contribution < 1.29 is 9.47 Å². The molecule has 0 aromatic heterocycles. The lowest BCUT2D eigenvalue weighted by Crippen LogP contribution is -2.00. The summed E-state index contributed by atoms with van der Waals surface area (Å²) in [5, 5.41) is 0. The van der Waals surface area contributed by atoms with Crippen LogP contribution in [0.1, 0.15) is 50.2 Å². The van der Waals surface area contributed by atoms with Crippen LogP contribution < -0.4 is 4.74 Å². The summed E-state index contributed by atoms with van der Waals surface area (Å²) >= 11 is 0. The van der Waals surface area contributed by atoms with Gasteiger partial charge in [0.25, 0.3) is 0 Å². The lowest BCUT2D eigenvalue weighted by molar-refractivity contribution is 0.239. The first-order valence-corrected chi connectivity index (χ1v) is 9.46. The van der Waals surface area contributed by atoms with Crippen LogP contribution >= 0.6 is 0 Å². The first kappa shape index (κ1) is 17.6. The summed E-state index contributed by atoms with van der Waals surface area (Å²) in [4.78, 5) is 0. The highest BCUT2D eigenvalue weighted by Gasteiger charge is 2.20. The molecule has 0 heterocycles. The lowest BCUT2D eigenvalue weighted by Gasteiger charge is -2.11. The average Bonchev–Trinajstić information content (AvgIpc) is 3.03. The molecule has 0 bridgehead atoms. The van der Waals surface area contributed by atoms with Crippen molar-refractivity contribution in [1.82, 2.24) is 0 Å². The highest BCUT2D eigenvalue weighted by Crippen LogP contribution is 2.40. The summed E-state index contributed by atoms with van der Waals surface area (Å²) in [5.41, 5.74) is 5.47. The fraction of sp³-hybridized carbons (Fsp3) is 0.391. The normalized spacial score (nSPS) is 12.2. The Morgan fingerprint density at radius 1 is 0.840 bits per heavy atom. The maximum atomic E-state index is 6.11. The van der Waals surface area contributed by atoms with E-state index in [1.54, 1.807) is 6.26 Å². The van der Waals surface area contributed by atoms with E-state index in [1.165, 1.54) is 41.5 Å². The molecule has 0 aliphatic heterocycles. The van der Waals surface area contributed by atoms with E-state index in [4.69, 9.17) is 9.47 Å². The third-order valence-corrected chi connectivity index (χ3v) is 4.70. The van der Waals surface area contributed by atoms with Crippen molar-refractivity contribution in [2.45, 2.75) is 45.4 Å². The van der Waals surface area contributed by atoms with Gasteiger partial charge < -0.3 is 9.47 Å². The number of hydrogen-bond donors (Lipinski definition) is 0. The van der Waals surface area contributed by atoms with Crippen LogP contribution in [0.2, 0.25) is 0 Å². The van der Waals surface area contributed by atoms with E-state index in [0.717, 1.165) is 38.2 Å². The van der Waals surface area contributed by atoms with Gasteiger partial charge in [0.05, 0.1) is 19.5 Å². The number of unbranched alkanes of at least 4 members (excludes halogenated alkanes) is 4. The zero-order chi connectivity index (χ0) is 17.3. The molecule has 2 aromatic rings. The van der Waals surface area contributed by atoms with Gasteiger partial charge in [-0.3, -0.25) is 0 Å². The molecule has 0 N–H and O–H groups in total. The van der Waals surface area contributed by atoms with E-state index < -0.39 is 0 Å². The van der Waals surface area contributed by atoms with Crippen LogP contribution in [-0.2, 0) is 11.2 Å². The van der Waals surface area contributed by atoms with Crippen molar-refractivity contribution in [3.63, 3.8) is 0 Å². The Labute approximate surface area is 151 Å². The van der Waals surface area contributed by atoms with Crippen LogP contribution in [0, 0.1) is 0 Å². The Morgan fingerprint density at radius 3 is 2.48 bits per heavy atom. The van der Waals surface area contributed by atoms with Crippen LogP contribution in [0.25, 0.3) is 11.1 Å². The third kappa shape index (κ3) is 4.66. The second-order valence-corrected chi connectivity index (χ2v) is 6.57. The van der Waals surface area contributed by atoms with E-state index in [9.17, 15) is 0 Å². The zero-order valence-corrected chi connectivity index (χ0v) is 15.2. The van der Waals surface area contributed by atoms with Crippen molar-refractivity contribution in [2.24, 2.45) is 0 Å². The Hall–Kier alpha value is -2.22. The van der Waals surface area contributed by atoms with Gasteiger partial charge in [-0.25, -0.2) is 0 Å². The summed E-state index contributed by atoms with van der Waals surface area (Å²) < 4.78 is 11.4. The third-order valence-electron chi connectivity index (χ3n) is 4.70. The molecule has 0 unspecified atom stereocenters. The molecule has 0 amide bonds. The van der Waals surface area contributed by atoms with Crippen LogP contribution in [-0.4, -0.2) is 13.2 Å². The van der Waals surface area contributed by atoms with Gasteiger partial charge in [0, 0.05) is 12.0 Å². The molecule has 1 aliphatic carbocycles. The molecule has 0 radical (unpaired) electrons. The molecule has 2 heteroatoms. The van der Waals surface area contributed by atoms with Gasteiger partial charge in [-0.2, -0.15) is 0 Å². The van der Waals surface area contributed by atoms with Crippen LogP contribution in [0.15, 0.2) is 54.8 Å². The second-order valence-electron chi connectivity index (χ2n) is 6.57. The van der Waals surface area contributed by atoms with Gasteiger partial charge in [0.2, 0.25) is 0 Å². The molecule has 0 fully saturated rings. The van der Waals surface area contributed by atoms with Crippen LogP contribution in [0.4, 0.5) is 0 Å². The van der Waals surface area contributed by atoms with Gasteiger partial charge in [-0.05, 0) is 42.5 Å². The number of rotatable bonds is 10. The molecule has 0 spiro atoms. The monoisotopic (exact) mass is 336 g/mol. The summed E-state index contributed by atoms with van der Waals surface area (Å²) in [5.74, 6) is 1.06. The average molecular weight is 336 g/mol. The maximum absolute atomic E-state index is 6.11. The number of hydrogen-bond acceptors (Lipinski definition) is 2. The zero-order valence-electron chi connectivity index (χ0n) is 15.2. The van der Waals surface area contributed by atoms with E-state index in [0.29, 0.717) is 0 Å². The van der Waals surface area contributed by atoms with Crippen molar-refractivity contribution >= 4 is 0 Å². The first-order valence-electron chi connectivity index (χ1n) is 9.46. The Bertz CT molecular complexity index is 703. The highest BCUT2D eigenvalue weighted by molar-refractivity contribution is 5.78. The molecule has 2 nitrogen and oxygen atoms in total. The molecule has 132 valence electrons. The molecule has 2 aromatic carbocycles. The molecule has 25 heavy (non-hydrogen) atoms. The highest BCUT2D eigenvalue weighted by atomic mass is 16.5. The predicted octanol–water partition coefficient (Wildman–Crippen LogP) is 6.14. The first-order chi connectivity index (χ1) is 12.4. The Balaban J connectivity index is 1.39. The molecule has 3 rings (SSSR count). The molecule has 0 atom stereocenters. The van der Waals surface area contributed by atoms with Crippen molar-refractivity contribution in [1.29, 1.82) is 0 Å². The molecule has 0 saturated heterocycles. The summed E-state index contributed by atoms with van der Waals surface area (Å²) in [7, 11) is 0. The van der Waals surface area contributed by atoms with Crippen molar-refractivity contribution in [3.8, 4) is 16.9 Å². The number of fused-ring (bicyclic) bond motifs is 3. The van der Waals surface area contributed by atoms with Gasteiger partial charge in [-0.15, -0.1) is 0 Å². The van der Waals surface area contributed by atoms with Crippen LogP contribution in [0.3, 0.4) is 0 Å². The topological polar surface area (TPSA) is 18.5 Å². The Kier molecular flexibility index (Phi) is 6.55. The minimum absolute atomic E-state index is 0.807. The van der Waals surface area contributed by atoms with E-state index >= 15 is 0 Å². The standard InChI is InChI=1S/C23H28O2/c1-2-15-24-16-8-4-3-5-9-17-25-23-14-10-13-21-20-12-7-6-11-19(20)18-22(21)23/h2,6-7,10-15H,3-5,8-9,16-18H2,1H3. The number of ether oxygens (including phenoxy) is 2. The summed E-state index contributed by atoms with van der Waals surface area (Å²) in [6.45, 7) is 3.61. The smallest absolute Gasteiger partial charge is 0.123 e. The van der Waals surface area contributed by atoms with Gasteiger partial charge >= 0.3 is 0 Å². The summed E-state index contributed by atoms with van der Waals surface area (Å²) in [6, 6.07) is 15.1. The SMILES string of the molecule is CC=COCCCCCCCOc1cccc2c1Cc1ccccc1-2. The lowest BCUT2D eigenvalue weighted by atomic mass is 10.1. The quantitative estimate of drug-likeness (QED) is 0.327. The fourth-order valence-corrected chi connectivity index (χ4v) is 3.43. The minimum atomic E-state index is 0.807. The predicted molar refractivity (Wildman–Crippen MR) is 104 cm³/mol. The minimum Gasteiger partial charge on any atom is -0.502 e. The van der Waals surface area contributed by atoms with Gasteiger partial charge in [0.1, 0.15) is 5.75 Å².